The van der Waals surface area contributed by atoms with Crippen molar-refractivity contribution in [2.75, 3.05) is 13.2 Å². The Kier molecular flexibility index (Phi) is 6.71. The molecule has 1 atom stereocenters. The highest BCUT2D eigenvalue weighted by Gasteiger charge is 2.27. The quantitative estimate of drug-likeness (QED) is 0.513. The summed E-state index contributed by atoms with van der Waals surface area (Å²) in [6, 6.07) is 13.5. The van der Waals surface area contributed by atoms with Gasteiger partial charge in [0.15, 0.2) is 0 Å². The molecule has 3 aromatic rings. The molecule has 1 aliphatic carbocycles. The number of benzene rings is 2. The number of hydrogen-bond donors (Lipinski definition) is 1. The summed E-state index contributed by atoms with van der Waals surface area (Å²) in [5.74, 6) is 1.10. The normalized spacial score (nSPS) is 14.7. The van der Waals surface area contributed by atoms with Gasteiger partial charge in [0.2, 0.25) is 5.82 Å². The van der Waals surface area contributed by atoms with Gasteiger partial charge < -0.3 is 19.3 Å². The van der Waals surface area contributed by atoms with Crippen LogP contribution in [0, 0.1) is 11.3 Å². The van der Waals surface area contributed by atoms with Gasteiger partial charge in [-0.3, -0.25) is 4.79 Å². The zero-order valence-electron chi connectivity index (χ0n) is 18.9. The van der Waals surface area contributed by atoms with Gasteiger partial charge in [0.1, 0.15) is 11.8 Å². The lowest BCUT2D eigenvalue weighted by atomic mass is 10.0. The van der Waals surface area contributed by atoms with Crippen molar-refractivity contribution in [3.05, 3.63) is 53.1 Å². The molecule has 33 heavy (non-hydrogen) atoms. The summed E-state index contributed by atoms with van der Waals surface area (Å²) < 4.78 is 16.2. The topological polar surface area (TPSA) is 110 Å². The second-order valence-electron chi connectivity index (χ2n) is 8.06. The van der Waals surface area contributed by atoms with Crippen LogP contribution in [-0.2, 0) is 16.0 Å². The third-order valence-corrected chi connectivity index (χ3v) is 5.45. The minimum Gasteiger partial charge on any atom is -0.490 e. The number of carbonyl (C=O) groups is 1. The fraction of sp³-hybridized carbons (Fsp3) is 0.360. The van der Waals surface area contributed by atoms with E-state index >= 15 is 0 Å². The van der Waals surface area contributed by atoms with E-state index in [0.29, 0.717) is 35.2 Å². The fourth-order valence-corrected chi connectivity index (χ4v) is 4.05. The molecule has 1 heterocycles. The Morgan fingerprint density at radius 3 is 2.94 bits per heavy atom. The van der Waals surface area contributed by atoms with Gasteiger partial charge in [-0.2, -0.15) is 10.2 Å². The Morgan fingerprint density at radius 2 is 2.18 bits per heavy atom. The third kappa shape index (κ3) is 4.89. The number of hydrogen-bond acceptors (Lipinski definition) is 8. The van der Waals surface area contributed by atoms with Crippen LogP contribution in [0.2, 0.25) is 0 Å². The van der Waals surface area contributed by atoms with Crippen LogP contribution in [-0.4, -0.2) is 35.4 Å². The molecule has 0 spiro atoms. The van der Waals surface area contributed by atoms with Crippen LogP contribution in [0.4, 0.5) is 0 Å². The van der Waals surface area contributed by atoms with E-state index < -0.39 is 0 Å². The summed E-state index contributed by atoms with van der Waals surface area (Å²) in [7, 11) is 0. The number of ether oxygens (including phenoxy) is 2. The molecule has 1 aliphatic rings. The van der Waals surface area contributed by atoms with E-state index in [2.05, 4.69) is 27.6 Å². The minimum absolute atomic E-state index is 0.0336. The molecule has 0 amide bonds. The first kappa shape index (κ1) is 22.5. The highest BCUT2D eigenvalue weighted by Crippen LogP contribution is 2.37. The molecule has 0 aliphatic heterocycles. The molecular weight excluding hydrogens is 420 g/mol. The molecule has 4 rings (SSSR count). The Bertz CT molecular complexity index is 1200. The first-order chi connectivity index (χ1) is 16.0. The van der Waals surface area contributed by atoms with Gasteiger partial charge in [-0.1, -0.05) is 23.4 Å². The van der Waals surface area contributed by atoms with Gasteiger partial charge in [-0.15, -0.1) is 0 Å². The summed E-state index contributed by atoms with van der Waals surface area (Å²) in [6.45, 7) is 6.16. The zero-order valence-corrected chi connectivity index (χ0v) is 18.9. The maximum Gasteiger partial charge on any atom is 0.319 e. The Morgan fingerprint density at radius 1 is 1.33 bits per heavy atom. The number of nitriles is 1. The molecule has 0 fully saturated rings. The molecule has 2 aromatic carbocycles. The highest BCUT2D eigenvalue weighted by atomic mass is 16.5. The molecule has 0 saturated heterocycles. The van der Waals surface area contributed by atoms with Gasteiger partial charge in [-0.25, -0.2) is 0 Å². The van der Waals surface area contributed by atoms with Crippen molar-refractivity contribution in [3.63, 3.8) is 0 Å². The molecule has 0 saturated carbocycles. The van der Waals surface area contributed by atoms with E-state index in [1.165, 1.54) is 0 Å². The summed E-state index contributed by atoms with van der Waals surface area (Å²) >= 11 is 0. The second-order valence-corrected chi connectivity index (χ2v) is 8.06. The number of esters is 1. The number of fused-ring (bicyclic) bond motifs is 1. The van der Waals surface area contributed by atoms with Gasteiger partial charge >= 0.3 is 5.97 Å². The van der Waals surface area contributed by atoms with E-state index in [4.69, 9.17) is 14.0 Å². The second kappa shape index (κ2) is 9.84. The van der Waals surface area contributed by atoms with Crippen LogP contribution in [0.5, 0.6) is 5.75 Å². The molecule has 8 heteroatoms. The van der Waals surface area contributed by atoms with Crippen molar-refractivity contribution in [2.45, 2.75) is 45.8 Å². The van der Waals surface area contributed by atoms with Crippen LogP contribution in [0.25, 0.3) is 22.8 Å². The summed E-state index contributed by atoms with van der Waals surface area (Å²) in [6.07, 6.45) is 1.68. The van der Waals surface area contributed by atoms with Gasteiger partial charge in [0.05, 0.1) is 24.8 Å². The highest BCUT2D eigenvalue weighted by molar-refractivity contribution is 5.72. The fourth-order valence-electron chi connectivity index (χ4n) is 4.05. The maximum absolute atomic E-state index is 11.7. The maximum atomic E-state index is 11.7. The lowest BCUT2D eigenvalue weighted by Gasteiger charge is -2.14. The van der Waals surface area contributed by atoms with Crippen molar-refractivity contribution >= 4 is 5.97 Å². The van der Waals surface area contributed by atoms with Crippen LogP contribution >= 0.6 is 0 Å². The van der Waals surface area contributed by atoms with Crippen molar-refractivity contribution in [1.82, 2.24) is 15.5 Å². The molecule has 8 nitrogen and oxygen atoms in total. The summed E-state index contributed by atoms with van der Waals surface area (Å²) in [5.41, 5.74) is 4.25. The average Bonchev–Trinajstić information content (AvgIpc) is 3.45. The van der Waals surface area contributed by atoms with Gasteiger partial charge in [-0.05, 0) is 62.9 Å². The smallest absolute Gasteiger partial charge is 0.319 e. The van der Waals surface area contributed by atoms with Gasteiger partial charge in [0.25, 0.3) is 5.89 Å². The third-order valence-electron chi connectivity index (χ3n) is 5.45. The monoisotopic (exact) mass is 446 g/mol. The molecule has 1 aromatic heterocycles. The molecule has 0 radical (unpaired) electrons. The average molecular weight is 447 g/mol. The Labute approximate surface area is 192 Å². The van der Waals surface area contributed by atoms with E-state index in [9.17, 15) is 10.1 Å². The van der Waals surface area contributed by atoms with Crippen molar-refractivity contribution in [1.29, 1.82) is 5.26 Å². The molecule has 0 bridgehead atoms. The lowest BCUT2D eigenvalue weighted by molar-refractivity contribution is -0.142. The number of carbonyl (C=O) groups excluding carboxylic acids is 1. The summed E-state index contributed by atoms with van der Waals surface area (Å²) in [5, 5.41) is 17.0. The van der Waals surface area contributed by atoms with Gasteiger partial charge in [0, 0.05) is 17.2 Å². The van der Waals surface area contributed by atoms with Crippen LogP contribution in [0.15, 0.2) is 40.9 Å². The Hall–Kier alpha value is -3.70. The van der Waals surface area contributed by atoms with Crippen molar-refractivity contribution in [3.8, 4) is 34.7 Å². The molecule has 1 N–H and O–H groups in total. The van der Waals surface area contributed by atoms with Crippen LogP contribution < -0.4 is 10.1 Å². The van der Waals surface area contributed by atoms with E-state index in [0.717, 1.165) is 29.5 Å². The zero-order chi connectivity index (χ0) is 23.4. The minimum atomic E-state index is -0.258. The molecule has 170 valence electrons. The summed E-state index contributed by atoms with van der Waals surface area (Å²) in [4.78, 5) is 16.3. The largest absolute Gasteiger partial charge is 0.490 e. The van der Waals surface area contributed by atoms with E-state index in [-0.39, 0.29) is 24.7 Å². The molecular formula is C25H26N4O4. The van der Waals surface area contributed by atoms with E-state index in [1.54, 1.807) is 25.1 Å². The lowest BCUT2D eigenvalue weighted by Crippen LogP contribution is -2.27. The first-order valence-electron chi connectivity index (χ1n) is 11.1. The molecule has 1 unspecified atom stereocenters. The predicted molar refractivity (Wildman–Crippen MR) is 121 cm³/mol. The van der Waals surface area contributed by atoms with Crippen LogP contribution in [0.3, 0.4) is 0 Å². The van der Waals surface area contributed by atoms with E-state index in [1.807, 2.05) is 26.0 Å². The first-order valence-corrected chi connectivity index (χ1v) is 11.1. The van der Waals surface area contributed by atoms with Crippen LogP contribution in [0.1, 0.15) is 49.9 Å². The number of nitrogens with zero attached hydrogens (tertiary/aromatic N) is 3. The SMILES string of the molecule is CCOC(=O)CNC1CCc2c(-c3noc(-c4ccc(OC(C)C)c(C#N)c4)n3)cccc21. The number of nitrogens with one attached hydrogen (secondary N) is 1. The van der Waals surface area contributed by atoms with Crippen molar-refractivity contribution < 1.29 is 18.8 Å². The predicted octanol–water partition coefficient (Wildman–Crippen LogP) is 4.20. The van der Waals surface area contributed by atoms with Crippen molar-refractivity contribution in [2.24, 2.45) is 0 Å². The standard InChI is InChI=1S/C25H26N4O4/c1-4-31-23(30)14-27-21-10-9-18-19(21)6-5-7-20(18)24-28-25(33-29-24)16-8-11-22(32-15(2)3)17(12-16)13-26/h5-8,11-12,15,21,27H,4,9-10,14H2,1-3H3. The number of rotatable bonds is 8. The Balaban J connectivity index is 1.57. The number of aromatic nitrogens is 2.